The number of primary amides is 1. The summed E-state index contributed by atoms with van der Waals surface area (Å²) in [5, 5.41) is 25.8. The number of aliphatic hydroxyl groups excluding tert-OH is 1. The lowest BCUT2D eigenvalue weighted by Gasteiger charge is -2.28. The van der Waals surface area contributed by atoms with Crippen LogP contribution in [0.5, 0.6) is 0 Å². The molecule has 4 amide bonds. The number of carboxylic acid groups (broad SMARTS) is 1. The van der Waals surface area contributed by atoms with Crippen LogP contribution in [0.3, 0.4) is 0 Å². The van der Waals surface area contributed by atoms with E-state index >= 15 is 0 Å². The van der Waals surface area contributed by atoms with E-state index in [9.17, 15) is 29.1 Å². The van der Waals surface area contributed by atoms with Crippen LogP contribution < -0.4 is 33.2 Å². The van der Waals surface area contributed by atoms with Gasteiger partial charge in [0.25, 0.3) is 0 Å². The summed E-state index contributed by atoms with van der Waals surface area (Å²) in [5.74, 6) is -4.57. The molecule has 0 bridgehead atoms. The van der Waals surface area contributed by atoms with Gasteiger partial charge in [0.15, 0.2) is 0 Å². The molecule has 0 aliphatic carbocycles. The maximum absolute atomic E-state index is 12.9. The van der Waals surface area contributed by atoms with Crippen molar-refractivity contribution in [3.63, 3.8) is 0 Å². The van der Waals surface area contributed by atoms with E-state index < -0.39 is 60.4 Å². The molecule has 0 spiro atoms. The van der Waals surface area contributed by atoms with E-state index in [1.165, 1.54) is 0 Å². The lowest BCUT2D eigenvalue weighted by molar-refractivity contribution is -0.143. The van der Waals surface area contributed by atoms with Gasteiger partial charge >= 0.3 is 5.97 Å². The molecule has 0 rings (SSSR count). The van der Waals surface area contributed by atoms with Gasteiger partial charge in [0.05, 0.1) is 6.61 Å². The Morgan fingerprint density at radius 1 is 0.909 bits per heavy atom. The molecule has 0 radical (unpaired) electrons. The summed E-state index contributed by atoms with van der Waals surface area (Å²) in [7, 11) is 0. The summed E-state index contributed by atoms with van der Waals surface area (Å²) in [6, 6.07) is -4.78. The van der Waals surface area contributed by atoms with Gasteiger partial charge in [-0.15, -0.1) is 0 Å². The first-order valence-corrected chi connectivity index (χ1v) is 11.0. The third-order valence-electron chi connectivity index (χ3n) is 5.20. The molecule has 0 aromatic heterocycles. The maximum Gasteiger partial charge on any atom is 0.326 e. The minimum Gasteiger partial charge on any atom is -0.480 e. The highest BCUT2D eigenvalue weighted by molar-refractivity contribution is 5.94. The van der Waals surface area contributed by atoms with Crippen molar-refractivity contribution in [2.45, 2.75) is 76.5 Å². The van der Waals surface area contributed by atoms with Crippen molar-refractivity contribution in [3.8, 4) is 0 Å². The molecule has 0 aliphatic heterocycles. The Balaban J connectivity index is 5.50. The smallest absolute Gasteiger partial charge is 0.326 e. The summed E-state index contributed by atoms with van der Waals surface area (Å²) in [5.41, 5.74) is 16.0. The Morgan fingerprint density at radius 3 is 2.00 bits per heavy atom. The Hall–Kier alpha value is -2.77. The molecule has 33 heavy (non-hydrogen) atoms. The summed E-state index contributed by atoms with van der Waals surface area (Å²) in [6.07, 6.45) is 1.38. The number of nitrogens with one attached hydrogen (secondary N) is 3. The van der Waals surface area contributed by atoms with Crippen molar-refractivity contribution in [1.82, 2.24) is 16.0 Å². The number of nitrogens with two attached hydrogens (primary N) is 3. The predicted molar refractivity (Wildman–Crippen MR) is 119 cm³/mol. The first-order valence-electron chi connectivity index (χ1n) is 11.0. The fraction of sp³-hybridized carbons (Fsp3) is 0.750. The molecule has 5 atom stereocenters. The monoisotopic (exact) mass is 474 g/mol. The van der Waals surface area contributed by atoms with Crippen molar-refractivity contribution in [1.29, 1.82) is 0 Å². The highest BCUT2D eigenvalue weighted by Crippen LogP contribution is 2.11. The molecule has 190 valence electrons. The number of unbranched alkanes of at least 4 members (excludes halogenated alkanes) is 1. The van der Waals surface area contributed by atoms with E-state index in [1.807, 2.05) is 0 Å². The van der Waals surface area contributed by atoms with Gasteiger partial charge in [0.2, 0.25) is 23.6 Å². The number of carbonyl (C=O) groups excluding carboxylic acids is 4. The third-order valence-corrected chi connectivity index (χ3v) is 5.20. The Bertz CT molecular complexity index is 675. The highest BCUT2D eigenvalue weighted by atomic mass is 16.4. The Morgan fingerprint density at radius 2 is 1.52 bits per heavy atom. The van der Waals surface area contributed by atoms with Crippen LogP contribution in [-0.2, 0) is 24.0 Å². The quantitative estimate of drug-likeness (QED) is 0.102. The van der Waals surface area contributed by atoms with Crippen LogP contribution >= 0.6 is 0 Å². The van der Waals surface area contributed by atoms with Gasteiger partial charge in [-0.05, 0) is 38.1 Å². The van der Waals surface area contributed by atoms with E-state index in [2.05, 4.69) is 16.0 Å². The third kappa shape index (κ3) is 11.6. The second kappa shape index (κ2) is 15.9. The summed E-state index contributed by atoms with van der Waals surface area (Å²) in [6.45, 7) is 3.23. The molecule has 5 unspecified atom stereocenters. The van der Waals surface area contributed by atoms with E-state index in [1.54, 1.807) is 13.8 Å². The predicted octanol–water partition coefficient (Wildman–Crippen LogP) is -2.71. The van der Waals surface area contributed by atoms with E-state index in [4.69, 9.17) is 22.3 Å². The second-order valence-electron chi connectivity index (χ2n) is 7.91. The van der Waals surface area contributed by atoms with E-state index in [-0.39, 0.29) is 25.2 Å². The topological polar surface area (TPSA) is 240 Å². The minimum absolute atomic E-state index is 0.156. The molecule has 13 nitrogen and oxygen atoms in total. The number of carboxylic acids is 1. The molecule has 0 saturated heterocycles. The van der Waals surface area contributed by atoms with Crippen LogP contribution in [0, 0.1) is 5.92 Å². The zero-order valence-corrected chi connectivity index (χ0v) is 19.2. The van der Waals surface area contributed by atoms with Crippen molar-refractivity contribution >= 4 is 29.6 Å². The Kier molecular flexibility index (Phi) is 14.6. The van der Waals surface area contributed by atoms with Gasteiger partial charge in [-0.3, -0.25) is 19.2 Å². The van der Waals surface area contributed by atoms with Crippen LogP contribution in [0.25, 0.3) is 0 Å². The summed E-state index contributed by atoms with van der Waals surface area (Å²) in [4.78, 5) is 60.5. The van der Waals surface area contributed by atoms with Crippen molar-refractivity contribution < 1.29 is 34.2 Å². The lowest BCUT2D eigenvalue weighted by Crippen LogP contribution is -2.59. The van der Waals surface area contributed by atoms with Crippen LogP contribution in [0.2, 0.25) is 0 Å². The van der Waals surface area contributed by atoms with E-state index in [0.29, 0.717) is 25.8 Å². The standard InChI is InChI=1S/C20H38N6O7/c1-3-11(2)16(19(31)25-14(20(32)33)6-4-5-9-21)26-18(30)13(7-8-15(23)28)24-17(29)12(22)10-27/h11-14,16,27H,3-10,21-22H2,1-2H3,(H2,23,28)(H,24,29)(H,25,31)(H,26,30)(H,32,33). The fourth-order valence-corrected chi connectivity index (χ4v) is 2.88. The highest BCUT2D eigenvalue weighted by Gasteiger charge is 2.32. The van der Waals surface area contributed by atoms with Gasteiger partial charge < -0.3 is 43.4 Å². The number of amides is 4. The first-order chi connectivity index (χ1) is 15.5. The average molecular weight is 475 g/mol. The number of aliphatic hydroxyl groups is 1. The molecule has 0 aromatic carbocycles. The van der Waals surface area contributed by atoms with Gasteiger partial charge in [0.1, 0.15) is 24.2 Å². The van der Waals surface area contributed by atoms with Gasteiger partial charge in [-0.2, -0.15) is 0 Å². The zero-order valence-electron chi connectivity index (χ0n) is 19.2. The van der Waals surface area contributed by atoms with Crippen molar-refractivity contribution in [3.05, 3.63) is 0 Å². The molecule has 13 heteroatoms. The lowest BCUT2D eigenvalue weighted by atomic mass is 9.96. The van der Waals surface area contributed by atoms with Gasteiger partial charge in [-0.1, -0.05) is 20.3 Å². The maximum atomic E-state index is 12.9. The molecule has 0 aliphatic rings. The van der Waals surface area contributed by atoms with Crippen LogP contribution in [0.1, 0.15) is 52.4 Å². The number of hydrogen-bond acceptors (Lipinski definition) is 8. The molecule has 0 heterocycles. The fourth-order valence-electron chi connectivity index (χ4n) is 2.88. The molecule has 0 aromatic rings. The minimum atomic E-state index is -1.28. The van der Waals surface area contributed by atoms with Gasteiger partial charge in [-0.25, -0.2) is 4.79 Å². The Labute approximate surface area is 193 Å². The average Bonchev–Trinajstić information content (AvgIpc) is 2.77. The normalized spacial score (nSPS) is 15.4. The largest absolute Gasteiger partial charge is 0.480 e. The molecular weight excluding hydrogens is 436 g/mol. The van der Waals surface area contributed by atoms with Crippen LogP contribution in [-0.4, -0.2) is 77.1 Å². The van der Waals surface area contributed by atoms with Crippen LogP contribution in [0.4, 0.5) is 0 Å². The SMILES string of the molecule is CCC(C)C(NC(=O)C(CCC(N)=O)NC(=O)C(N)CO)C(=O)NC(CCCCN)C(=O)O. The molecular formula is C20H38N6O7. The van der Waals surface area contributed by atoms with Crippen molar-refractivity contribution in [2.24, 2.45) is 23.1 Å². The number of carbonyl (C=O) groups is 5. The summed E-state index contributed by atoms with van der Waals surface area (Å²) < 4.78 is 0. The van der Waals surface area contributed by atoms with E-state index in [0.717, 1.165) is 0 Å². The molecule has 0 fully saturated rings. The number of aliphatic carboxylic acids is 1. The van der Waals surface area contributed by atoms with Crippen LogP contribution in [0.15, 0.2) is 0 Å². The number of hydrogen-bond donors (Lipinski definition) is 8. The first kappa shape index (κ1) is 30.2. The molecule has 0 saturated carbocycles. The zero-order chi connectivity index (χ0) is 25.6. The molecule has 11 N–H and O–H groups in total. The second-order valence-corrected chi connectivity index (χ2v) is 7.91. The number of rotatable bonds is 17. The summed E-state index contributed by atoms with van der Waals surface area (Å²) >= 11 is 0. The van der Waals surface area contributed by atoms with Gasteiger partial charge in [0, 0.05) is 6.42 Å². The van der Waals surface area contributed by atoms with Crippen molar-refractivity contribution in [2.75, 3.05) is 13.2 Å².